The summed E-state index contributed by atoms with van der Waals surface area (Å²) in [4.78, 5) is 4.23. The Kier molecular flexibility index (Phi) is 2.18. The topological polar surface area (TPSA) is 38.9 Å². The van der Waals surface area contributed by atoms with E-state index in [2.05, 4.69) is 39.9 Å². The van der Waals surface area contributed by atoms with Gasteiger partial charge in [0.15, 0.2) is 0 Å². The lowest BCUT2D eigenvalue weighted by Gasteiger charge is -2.23. The number of hydrogen-bond donors (Lipinski definition) is 0. The van der Waals surface area contributed by atoms with Gasteiger partial charge in [-0.25, -0.2) is 0 Å². The molecule has 1 aliphatic rings. The van der Waals surface area contributed by atoms with Crippen LogP contribution in [0.25, 0.3) is 0 Å². The lowest BCUT2D eigenvalue weighted by atomic mass is 9.82. The van der Waals surface area contributed by atoms with E-state index in [1.165, 1.54) is 19.3 Å². The van der Waals surface area contributed by atoms with Crippen LogP contribution in [-0.2, 0) is 0 Å². The molecule has 0 aromatic carbocycles. The Labute approximate surface area is 86.0 Å². The van der Waals surface area contributed by atoms with Crippen LogP contribution in [0.2, 0.25) is 0 Å². The van der Waals surface area contributed by atoms with Gasteiger partial charge in [0.1, 0.15) is 0 Å². The average molecular weight is 245 g/mol. The first-order valence-electron chi connectivity index (χ1n) is 4.59. The molecule has 1 saturated carbocycles. The highest BCUT2D eigenvalue weighted by molar-refractivity contribution is 9.10. The lowest BCUT2D eigenvalue weighted by molar-refractivity contribution is 0.260. The third kappa shape index (κ3) is 1.64. The molecule has 4 heteroatoms. The molecule has 0 aliphatic heterocycles. The monoisotopic (exact) mass is 244 g/mol. The third-order valence-electron chi connectivity index (χ3n) is 2.97. The zero-order chi connectivity index (χ0) is 9.47. The van der Waals surface area contributed by atoms with Crippen molar-refractivity contribution in [1.29, 1.82) is 0 Å². The van der Waals surface area contributed by atoms with E-state index in [1.807, 2.05) is 0 Å². The second-order valence-corrected chi connectivity index (χ2v) is 5.04. The molecule has 1 aromatic heterocycles. The van der Waals surface area contributed by atoms with E-state index in [0.717, 1.165) is 5.89 Å². The smallest absolute Gasteiger partial charge is 0.238 e. The van der Waals surface area contributed by atoms with Crippen molar-refractivity contribution >= 4 is 15.9 Å². The summed E-state index contributed by atoms with van der Waals surface area (Å²) in [6.45, 7) is 4.53. The highest BCUT2D eigenvalue weighted by Crippen LogP contribution is 2.48. The fourth-order valence-electron chi connectivity index (χ4n) is 2.14. The fraction of sp³-hybridized carbons (Fsp3) is 0.778. The number of rotatable bonds is 1. The quantitative estimate of drug-likeness (QED) is 0.762. The average Bonchev–Trinajstić information content (AvgIpc) is 2.56. The molecule has 0 amide bonds. The van der Waals surface area contributed by atoms with Crippen molar-refractivity contribution in [3.05, 3.63) is 10.6 Å². The van der Waals surface area contributed by atoms with Gasteiger partial charge >= 0.3 is 0 Å². The zero-order valence-electron chi connectivity index (χ0n) is 7.88. The summed E-state index contributed by atoms with van der Waals surface area (Å²) < 4.78 is 5.74. The van der Waals surface area contributed by atoms with Crippen molar-refractivity contribution in [1.82, 2.24) is 10.1 Å². The van der Waals surface area contributed by atoms with Gasteiger partial charge in [0.25, 0.3) is 0 Å². The Morgan fingerprint density at radius 2 is 2.31 bits per heavy atom. The largest absolute Gasteiger partial charge is 0.338 e. The van der Waals surface area contributed by atoms with E-state index < -0.39 is 0 Å². The summed E-state index contributed by atoms with van der Waals surface area (Å²) in [6.07, 6.45) is 3.68. The van der Waals surface area contributed by atoms with E-state index in [4.69, 9.17) is 4.52 Å². The van der Waals surface area contributed by atoms with E-state index in [0.29, 0.717) is 16.1 Å². The summed E-state index contributed by atoms with van der Waals surface area (Å²) in [5.74, 6) is 1.22. The molecule has 0 N–H and O–H groups in total. The van der Waals surface area contributed by atoms with Gasteiger partial charge in [0, 0.05) is 5.92 Å². The number of hydrogen-bond acceptors (Lipinski definition) is 3. The van der Waals surface area contributed by atoms with Gasteiger partial charge in [0.05, 0.1) is 0 Å². The van der Waals surface area contributed by atoms with Gasteiger partial charge in [-0.2, -0.15) is 4.98 Å². The fourth-order valence-corrected chi connectivity index (χ4v) is 2.39. The van der Waals surface area contributed by atoms with Crippen LogP contribution in [0.5, 0.6) is 0 Å². The second-order valence-electron chi connectivity index (χ2n) is 4.34. The van der Waals surface area contributed by atoms with Crippen LogP contribution in [0.3, 0.4) is 0 Å². The van der Waals surface area contributed by atoms with Gasteiger partial charge in [-0.3, -0.25) is 0 Å². The molecule has 0 spiro atoms. The van der Waals surface area contributed by atoms with E-state index in [9.17, 15) is 0 Å². The maximum absolute atomic E-state index is 5.18. The van der Waals surface area contributed by atoms with Gasteiger partial charge in [-0.05, 0) is 39.3 Å². The minimum absolute atomic E-state index is 0.311. The molecule has 1 atom stereocenters. The number of halogens is 1. The highest BCUT2D eigenvalue weighted by atomic mass is 79.9. The zero-order valence-corrected chi connectivity index (χ0v) is 9.47. The first-order valence-corrected chi connectivity index (χ1v) is 5.38. The lowest BCUT2D eigenvalue weighted by Crippen LogP contribution is -2.15. The van der Waals surface area contributed by atoms with Gasteiger partial charge in [-0.1, -0.05) is 20.3 Å². The van der Waals surface area contributed by atoms with Crippen molar-refractivity contribution in [3.8, 4) is 0 Å². The summed E-state index contributed by atoms with van der Waals surface area (Å²) in [7, 11) is 0. The number of aromatic nitrogens is 2. The van der Waals surface area contributed by atoms with Crippen LogP contribution < -0.4 is 0 Å². The van der Waals surface area contributed by atoms with Crippen LogP contribution in [0.1, 0.15) is 44.9 Å². The van der Waals surface area contributed by atoms with Crippen molar-refractivity contribution < 1.29 is 4.52 Å². The molecule has 3 nitrogen and oxygen atoms in total. The normalized spacial score (nSPS) is 26.5. The molecule has 0 saturated heterocycles. The predicted octanol–water partition coefficient (Wildman–Crippen LogP) is 3.13. The van der Waals surface area contributed by atoms with Crippen molar-refractivity contribution in [2.45, 2.75) is 39.0 Å². The SMILES string of the molecule is CC1(C)CCCC1c1nc(Br)no1. The van der Waals surface area contributed by atoms with Crippen molar-refractivity contribution in [2.24, 2.45) is 5.41 Å². The van der Waals surface area contributed by atoms with Gasteiger partial charge in [0.2, 0.25) is 10.6 Å². The van der Waals surface area contributed by atoms with Crippen molar-refractivity contribution in [3.63, 3.8) is 0 Å². The molecular weight excluding hydrogens is 232 g/mol. The molecule has 0 bridgehead atoms. The predicted molar refractivity (Wildman–Crippen MR) is 52.4 cm³/mol. The third-order valence-corrected chi connectivity index (χ3v) is 3.29. The maximum atomic E-state index is 5.18. The molecule has 1 aliphatic carbocycles. The minimum atomic E-state index is 0.311. The molecule has 1 aromatic rings. The second kappa shape index (κ2) is 3.08. The first-order chi connectivity index (χ1) is 6.09. The molecule has 72 valence electrons. The minimum Gasteiger partial charge on any atom is -0.338 e. The van der Waals surface area contributed by atoms with Crippen LogP contribution in [-0.4, -0.2) is 10.1 Å². The van der Waals surface area contributed by atoms with E-state index >= 15 is 0 Å². The summed E-state index contributed by atoms with van der Waals surface area (Å²) in [6, 6.07) is 0. The summed E-state index contributed by atoms with van der Waals surface area (Å²) in [5, 5.41) is 3.76. The Morgan fingerprint density at radius 3 is 2.77 bits per heavy atom. The van der Waals surface area contributed by atoms with Crippen LogP contribution in [0.4, 0.5) is 0 Å². The van der Waals surface area contributed by atoms with Crippen LogP contribution >= 0.6 is 15.9 Å². The molecule has 1 unspecified atom stereocenters. The number of nitrogens with zero attached hydrogens (tertiary/aromatic N) is 2. The maximum Gasteiger partial charge on any atom is 0.238 e. The molecule has 2 rings (SSSR count). The molecular formula is C9H13BrN2O. The molecule has 1 fully saturated rings. The summed E-state index contributed by atoms with van der Waals surface area (Å²) >= 11 is 3.20. The Bertz CT molecular complexity index is 308. The molecule has 13 heavy (non-hydrogen) atoms. The molecule has 0 radical (unpaired) electrons. The van der Waals surface area contributed by atoms with E-state index in [1.54, 1.807) is 0 Å². The standard InChI is InChI=1S/C9H13BrN2O/c1-9(2)5-3-4-6(9)7-11-8(10)12-13-7/h6H,3-5H2,1-2H3. The molecule has 1 heterocycles. The van der Waals surface area contributed by atoms with Crippen molar-refractivity contribution in [2.75, 3.05) is 0 Å². The van der Waals surface area contributed by atoms with Crippen LogP contribution in [0, 0.1) is 5.41 Å². The van der Waals surface area contributed by atoms with Gasteiger partial charge < -0.3 is 4.52 Å². The Hall–Kier alpha value is -0.380. The van der Waals surface area contributed by atoms with E-state index in [-0.39, 0.29) is 0 Å². The first kappa shape index (κ1) is 9.19. The van der Waals surface area contributed by atoms with Crippen LogP contribution in [0.15, 0.2) is 9.26 Å². The Balaban J connectivity index is 2.26. The van der Waals surface area contributed by atoms with Gasteiger partial charge in [-0.15, -0.1) is 0 Å². The highest BCUT2D eigenvalue weighted by Gasteiger charge is 2.38. The summed E-state index contributed by atoms with van der Waals surface area (Å²) in [5.41, 5.74) is 0.311. The Morgan fingerprint density at radius 1 is 1.54 bits per heavy atom.